The first-order valence-electron chi connectivity index (χ1n) is 8.44. The molecule has 0 saturated carbocycles. The lowest BCUT2D eigenvalue weighted by molar-refractivity contribution is -0.896. The Morgan fingerprint density at radius 1 is 1.13 bits per heavy atom. The molecule has 1 aliphatic rings. The van der Waals surface area contributed by atoms with Crippen LogP contribution >= 0.6 is 0 Å². The van der Waals surface area contributed by atoms with E-state index in [1.54, 1.807) is 0 Å². The second-order valence-corrected chi connectivity index (χ2v) is 6.69. The average molecular weight is 318 g/mol. The summed E-state index contributed by atoms with van der Waals surface area (Å²) in [5, 5.41) is 3.05. The van der Waals surface area contributed by atoms with E-state index in [0.29, 0.717) is 25.6 Å². The van der Waals surface area contributed by atoms with Crippen molar-refractivity contribution >= 4 is 11.8 Å². The van der Waals surface area contributed by atoms with E-state index in [-0.39, 0.29) is 17.9 Å². The summed E-state index contributed by atoms with van der Waals surface area (Å²) in [5.74, 6) is 0.626. The molecule has 2 amide bonds. The van der Waals surface area contributed by atoms with Gasteiger partial charge in [-0.1, -0.05) is 32.0 Å². The number of benzene rings is 1. The molecule has 23 heavy (non-hydrogen) atoms. The summed E-state index contributed by atoms with van der Waals surface area (Å²) in [5.41, 5.74) is 0.736. The maximum absolute atomic E-state index is 12.4. The molecule has 0 bridgehead atoms. The molecule has 0 aromatic heterocycles. The highest BCUT2D eigenvalue weighted by molar-refractivity contribution is 5.94. The van der Waals surface area contributed by atoms with Gasteiger partial charge in [-0.3, -0.25) is 9.59 Å². The van der Waals surface area contributed by atoms with Gasteiger partial charge in [0.1, 0.15) is 0 Å². The van der Waals surface area contributed by atoms with Crippen molar-refractivity contribution in [3.05, 3.63) is 35.9 Å². The van der Waals surface area contributed by atoms with Crippen molar-refractivity contribution in [3.63, 3.8) is 0 Å². The Balaban J connectivity index is 1.78. The lowest BCUT2D eigenvalue weighted by atomic mass is 10.1. The Morgan fingerprint density at radius 2 is 1.74 bits per heavy atom. The maximum Gasteiger partial charge on any atom is 0.275 e. The zero-order valence-electron chi connectivity index (χ0n) is 14.3. The molecular formula is C18H28N3O2+. The minimum Gasteiger partial charge on any atom is -0.348 e. The predicted molar refractivity (Wildman–Crippen MR) is 90.4 cm³/mol. The molecule has 2 rings (SSSR count). The van der Waals surface area contributed by atoms with E-state index in [9.17, 15) is 9.59 Å². The normalized spacial score (nSPS) is 17.1. The van der Waals surface area contributed by atoms with Crippen LogP contribution in [0.2, 0.25) is 0 Å². The molecule has 5 heteroatoms. The summed E-state index contributed by atoms with van der Waals surface area (Å²) in [4.78, 5) is 27.6. The largest absolute Gasteiger partial charge is 0.348 e. The summed E-state index contributed by atoms with van der Waals surface area (Å²) < 4.78 is 0. The average Bonchev–Trinajstić information content (AvgIpc) is 2.55. The molecule has 0 radical (unpaired) electrons. The van der Waals surface area contributed by atoms with Crippen LogP contribution in [-0.2, 0) is 4.79 Å². The van der Waals surface area contributed by atoms with Crippen molar-refractivity contribution in [1.29, 1.82) is 0 Å². The smallest absolute Gasteiger partial charge is 0.275 e. The van der Waals surface area contributed by atoms with Crippen LogP contribution in [0.25, 0.3) is 0 Å². The van der Waals surface area contributed by atoms with Gasteiger partial charge < -0.3 is 15.1 Å². The number of nitrogens with zero attached hydrogens (tertiary/aromatic N) is 1. The van der Waals surface area contributed by atoms with Crippen molar-refractivity contribution in [3.8, 4) is 0 Å². The molecule has 1 atom stereocenters. The fourth-order valence-electron chi connectivity index (χ4n) is 2.66. The summed E-state index contributed by atoms with van der Waals surface area (Å²) in [6, 6.07) is 9.58. The van der Waals surface area contributed by atoms with Gasteiger partial charge >= 0.3 is 0 Å². The number of quaternary nitrogens is 1. The molecule has 1 aliphatic heterocycles. The number of carbonyl (C=O) groups is 2. The lowest BCUT2D eigenvalue weighted by Gasteiger charge is -2.32. The van der Waals surface area contributed by atoms with Crippen LogP contribution in [0.3, 0.4) is 0 Å². The minimum atomic E-state index is 0.0857. The first kappa shape index (κ1) is 17.5. The summed E-state index contributed by atoms with van der Waals surface area (Å²) in [7, 11) is 0. The van der Waals surface area contributed by atoms with Crippen LogP contribution < -0.4 is 10.2 Å². The number of piperazine rings is 1. The van der Waals surface area contributed by atoms with Gasteiger partial charge in [-0.05, 0) is 25.0 Å². The van der Waals surface area contributed by atoms with Gasteiger partial charge in [0, 0.05) is 11.6 Å². The summed E-state index contributed by atoms with van der Waals surface area (Å²) >= 11 is 0. The van der Waals surface area contributed by atoms with Gasteiger partial charge in [-0.25, -0.2) is 0 Å². The molecule has 1 aromatic carbocycles. The molecular weight excluding hydrogens is 290 g/mol. The first-order chi connectivity index (χ1) is 11.0. The standard InChI is InChI=1S/C18H27N3O2/c1-14(2)15(3)19-17(22)13-20-9-11-21(12-10-20)18(23)16-7-5-4-6-8-16/h4-8,14-15H,9-13H2,1-3H3,(H,19,22)/p+1/t15-/m0/s1. The minimum absolute atomic E-state index is 0.0857. The predicted octanol–water partition coefficient (Wildman–Crippen LogP) is 0.188. The van der Waals surface area contributed by atoms with E-state index in [2.05, 4.69) is 19.2 Å². The monoisotopic (exact) mass is 318 g/mol. The topological polar surface area (TPSA) is 53.9 Å². The highest BCUT2D eigenvalue weighted by Gasteiger charge is 2.26. The van der Waals surface area contributed by atoms with Crippen molar-refractivity contribution in [2.24, 2.45) is 5.92 Å². The van der Waals surface area contributed by atoms with Crippen LogP contribution in [0.4, 0.5) is 0 Å². The van der Waals surface area contributed by atoms with E-state index in [1.165, 1.54) is 4.90 Å². The molecule has 1 heterocycles. The third-order valence-corrected chi connectivity index (χ3v) is 4.58. The van der Waals surface area contributed by atoms with Gasteiger partial charge in [0.05, 0.1) is 26.2 Å². The molecule has 2 N–H and O–H groups in total. The van der Waals surface area contributed by atoms with Crippen LogP contribution in [0.5, 0.6) is 0 Å². The van der Waals surface area contributed by atoms with Gasteiger partial charge in [0.15, 0.2) is 6.54 Å². The molecule has 1 fully saturated rings. The van der Waals surface area contributed by atoms with E-state index >= 15 is 0 Å². The zero-order valence-corrected chi connectivity index (χ0v) is 14.3. The molecule has 0 unspecified atom stereocenters. The molecule has 0 aliphatic carbocycles. The van der Waals surface area contributed by atoms with Gasteiger partial charge in [-0.15, -0.1) is 0 Å². The van der Waals surface area contributed by atoms with E-state index in [1.807, 2.05) is 42.2 Å². The number of nitrogens with one attached hydrogen (secondary N) is 2. The Hall–Kier alpha value is -1.88. The molecule has 126 valence electrons. The SMILES string of the molecule is CC(C)[C@H](C)NC(=O)C[NH+]1CCN(C(=O)c2ccccc2)CC1. The second kappa shape index (κ2) is 8.11. The number of amides is 2. The fourth-order valence-corrected chi connectivity index (χ4v) is 2.66. The van der Waals surface area contributed by atoms with E-state index in [4.69, 9.17) is 0 Å². The van der Waals surface area contributed by atoms with E-state index < -0.39 is 0 Å². The second-order valence-electron chi connectivity index (χ2n) is 6.69. The Bertz CT molecular complexity index is 522. The Kier molecular flexibility index (Phi) is 6.16. The molecule has 5 nitrogen and oxygen atoms in total. The van der Waals surface area contributed by atoms with Crippen molar-refractivity contribution in [1.82, 2.24) is 10.2 Å². The third-order valence-electron chi connectivity index (χ3n) is 4.58. The van der Waals surface area contributed by atoms with Crippen LogP contribution in [0.15, 0.2) is 30.3 Å². The van der Waals surface area contributed by atoms with Gasteiger partial charge in [-0.2, -0.15) is 0 Å². The van der Waals surface area contributed by atoms with Crippen molar-refractivity contribution in [2.75, 3.05) is 32.7 Å². The first-order valence-corrected chi connectivity index (χ1v) is 8.44. The van der Waals surface area contributed by atoms with E-state index in [0.717, 1.165) is 18.7 Å². The molecule has 1 saturated heterocycles. The van der Waals surface area contributed by atoms with Crippen LogP contribution in [0.1, 0.15) is 31.1 Å². The maximum atomic E-state index is 12.4. The number of hydrogen-bond acceptors (Lipinski definition) is 2. The lowest BCUT2D eigenvalue weighted by Crippen LogP contribution is -3.15. The van der Waals surface area contributed by atoms with Crippen LogP contribution in [-0.4, -0.2) is 55.5 Å². The fraction of sp³-hybridized carbons (Fsp3) is 0.556. The number of carbonyl (C=O) groups excluding carboxylic acids is 2. The highest BCUT2D eigenvalue weighted by atomic mass is 16.2. The quantitative estimate of drug-likeness (QED) is 0.814. The summed E-state index contributed by atoms with van der Waals surface area (Å²) in [6.45, 7) is 9.78. The Morgan fingerprint density at radius 3 is 2.30 bits per heavy atom. The van der Waals surface area contributed by atoms with Crippen molar-refractivity contribution < 1.29 is 14.5 Å². The third kappa shape index (κ3) is 5.06. The summed E-state index contributed by atoms with van der Waals surface area (Å²) in [6.07, 6.45) is 0. The number of hydrogen-bond donors (Lipinski definition) is 2. The number of rotatable bonds is 5. The van der Waals surface area contributed by atoms with Gasteiger partial charge in [0.2, 0.25) is 0 Å². The molecule has 1 aromatic rings. The Labute approximate surface area is 138 Å². The zero-order chi connectivity index (χ0) is 16.8. The van der Waals surface area contributed by atoms with Gasteiger partial charge in [0.25, 0.3) is 11.8 Å². The van der Waals surface area contributed by atoms with Crippen LogP contribution in [0, 0.1) is 5.92 Å². The highest BCUT2D eigenvalue weighted by Crippen LogP contribution is 2.04. The van der Waals surface area contributed by atoms with Crippen molar-refractivity contribution in [2.45, 2.75) is 26.8 Å². The molecule has 0 spiro atoms.